The smallest absolute Gasteiger partial charge is 0.344 e. The lowest BCUT2D eigenvalue weighted by Gasteiger charge is -2.11. The fourth-order valence-corrected chi connectivity index (χ4v) is 3.02. The fraction of sp³-hybridized carbons (Fsp3) is 0.261. The molecule has 2 heteroatoms. The molecule has 0 saturated carbocycles. The van der Waals surface area contributed by atoms with E-state index in [0.717, 1.165) is 42.4 Å². The number of unbranched alkanes of at least 4 members (excludes halogenated alkanes) is 1. The first kappa shape index (κ1) is 17.2. The maximum atomic E-state index is 12.6. The third kappa shape index (κ3) is 3.90. The lowest BCUT2D eigenvalue weighted by atomic mass is 9.98. The second kappa shape index (κ2) is 7.98. The van der Waals surface area contributed by atoms with Crippen molar-refractivity contribution in [3.63, 3.8) is 0 Å². The Labute approximate surface area is 149 Å². The average Bonchev–Trinajstić information content (AvgIpc) is 2.67. The van der Waals surface area contributed by atoms with Crippen LogP contribution < -0.4 is 5.63 Å². The Balaban J connectivity index is 2.10. The minimum atomic E-state index is -0.277. The molecule has 0 radical (unpaired) electrons. The molecular weight excluding hydrogens is 308 g/mol. The first-order valence-electron chi connectivity index (χ1n) is 9.04. The Morgan fingerprint density at radius 1 is 0.880 bits per heavy atom. The summed E-state index contributed by atoms with van der Waals surface area (Å²) in [6.45, 7) is 4.31. The molecule has 0 aliphatic rings. The van der Waals surface area contributed by atoms with Crippen molar-refractivity contribution in [2.75, 3.05) is 0 Å². The number of hydrogen-bond acceptors (Lipinski definition) is 2. The summed E-state index contributed by atoms with van der Waals surface area (Å²) in [5, 5.41) is 0. The van der Waals surface area contributed by atoms with Crippen LogP contribution in [0.1, 0.15) is 37.8 Å². The SMILES string of the molecule is CCCCc1cc(-c2ccccc2)c(=O)oc1-c1ccc(CC)cc1. The molecule has 128 valence electrons. The van der Waals surface area contributed by atoms with Gasteiger partial charge in [0.25, 0.3) is 0 Å². The number of rotatable bonds is 6. The van der Waals surface area contributed by atoms with Gasteiger partial charge in [-0.2, -0.15) is 0 Å². The van der Waals surface area contributed by atoms with Crippen LogP contribution in [-0.2, 0) is 12.8 Å². The van der Waals surface area contributed by atoms with Crippen molar-refractivity contribution in [2.45, 2.75) is 39.5 Å². The van der Waals surface area contributed by atoms with Crippen LogP contribution in [0.4, 0.5) is 0 Å². The fourth-order valence-electron chi connectivity index (χ4n) is 3.02. The predicted molar refractivity (Wildman–Crippen MR) is 104 cm³/mol. The zero-order chi connectivity index (χ0) is 17.6. The van der Waals surface area contributed by atoms with Crippen molar-refractivity contribution in [3.8, 4) is 22.5 Å². The van der Waals surface area contributed by atoms with Gasteiger partial charge in [0.05, 0.1) is 5.56 Å². The lowest BCUT2D eigenvalue weighted by molar-refractivity contribution is 0.520. The van der Waals surface area contributed by atoms with Crippen molar-refractivity contribution < 1.29 is 4.42 Å². The summed E-state index contributed by atoms with van der Waals surface area (Å²) >= 11 is 0. The van der Waals surface area contributed by atoms with Gasteiger partial charge < -0.3 is 4.42 Å². The molecular formula is C23H24O2. The second-order valence-electron chi connectivity index (χ2n) is 6.32. The number of hydrogen-bond donors (Lipinski definition) is 0. The molecule has 1 heterocycles. The molecule has 0 bridgehead atoms. The van der Waals surface area contributed by atoms with Gasteiger partial charge in [-0.05, 0) is 42.0 Å². The molecule has 1 aromatic heterocycles. The third-order valence-corrected chi connectivity index (χ3v) is 4.53. The van der Waals surface area contributed by atoms with Crippen LogP contribution in [-0.4, -0.2) is 0 Å². The van der Waals surface area contributed by atoms with E-state index in [1.54, 1.807) is 0 Å². The minimum absolute atomic E-state index is 0.277. The largest absolute Gasteiger partial charge is 0.422 e. The summed E-state index contributed by atoms with van der Waals surface area (Å²) < 4.78 is 5.80. The van der Waals surface area contributed by atoms with Gasteiger partial charge in [0.2, 0.25) is 0 Å². The molecule has 0 N–H and O–H groups in total. The first-order valence-corrected chi connectivity index (χ1v) is 9.04. The lowest BCUT2D eigenvalue weighted by Crippen LogP contribution is -2.06. The Hall–Kier alpha value is -2.61. The number of aryl methyl sites for hydroxylation is 2. The Kier molecular flexibility index (Phi) is 5.49. The van der Waals surface area contributed by atoms with E-state index in [9.17, 15) is 4.79 Å². The summed E-state index contributed by atoms with van der Waals surface area (Å²) in [6.07, 6.45) is 4.08. The average molecular weight is 332 g/mol. The van der Waals surface area contributed by atoms with Crippen LogP contribution in [0.3, 0.4) is 0 Å². The molecule has 0 fully saturated rings. The van der Waals surface area contributed by atoms with Gasteiger partial charge in [-0.25, -0.2) is 4.79 Å². The van der Waals surface area contributed by atoms with E-state index in [1.165, 1.54) is 5.56 Å². The molecule has 0 amide bonds. The van der Waals surface area contributed by atoms with Crippen molar-refractivity contribution in [1.82, 2.24) is 0 Å². The van der Waals surface area contributed by atoms with Gasteiger partial charge in [0, 0.05) is 5.56 Å². The van der Waals surface area contributed by atoms with Crippen LogP contribution in [0.2, 0.25) is 0 Å². The van der Waals surface area contributed by atoms with Gasteiger partial charge >= 0.3 is 5.63 Å². The normalized spacial score (nSPS) is 10.8. The summed E-state index contributed by atoms with van der Waals surface area (Å²) in [5.74, 6) is 0.709. The standard InChI is InChI=1S/C23H24O2/c1-3-5-9-20-16-21(18-10-7-6-8-11-18)23(24)25-22(20)19-14-12-17(4-2)13-15-19/h6-8,10-16H,3-5,9H2,1-2H3. The molecule has 25 heavy (non-hydrogen) atoms. The predicted octanol–water partition coefficient (Wildman–Crippen LogP) is 5.88. The van der Waals surface area contributed by atoms with Crippen molar-refractivity contribution >= 4 is 0 Å². The number of benzene rings is 2. The second-order valence-corrected chi connectivity index (χ2v) is 6.32. The molecule has 3 aromatic rings. The zero-order valence-corrected chi connectivity index (χ0v) is 14.9. The molecule has 0 atom stereocenters. The summed E-state index contributed by atoms with van der Waals surface area (Å²) in [5.41, 5.74) is 4.62. The van der Waals surface area contributed by atoms with Gasteiger partial charge in [0.15, 0.2) is 0 Å². The van der Waals surface area contributed by atoms with Crippen molar-refractivity contribution in [2.24, 2.45) is 0 Å². The maximum Gasteiger partial charge on any atom is 0.344 e. The van der Waals surface area contributed by atoms with Gasteiger partial charge in [-0.15, -0.1) is 0 Å². The van der Waals surface area contributed by atoms with Crippen LogP contribution in [0.25, 0.3) is 22.5 Å². The summed E-state index contributed by atoms with van der Waals surface area (Å²) in [6, 6.07) is 20.1. The Morgan fingerprint density at radius 2 is 1.60 bits per heavy atom. The highest BCUT2D eigenvalue weighted by Gasteiger charge is 2.14. The van der Waals surface area contributed by atoms with Crippen LogP contribution in [0.15, 0.2) is 69.9 Å². The molecule has 0 aliphatic heterocycles. The van der Waals surface area contributed by atoms with Gasteiger partial charge in [0.1, 0.15) is 5.76 Å². The molecule has 3 rings (SSSR count). The summed E-state index contributed by atoms with van der Waals surface area (Å²) in [7, 11) is 0. The van der Waals surface area contributed by atoms with Crippen molar-refractivity contribution in [1.29, 1.82) is 0 Å². The van der Waals surface area contributed by atoms with E-state index in [1.807, 2.05) is 36.4 Å². The van der Waals surface area contributed by atoms with E-state index in [0.29, 0.717) is 11.3 Å². The van der Waals surface area contributed by atoms with Gasteiger partial charge in [-0.1, -0.05) is 74.9 Å². The van der Waals surface area contributed by atoms with Gasteiger partial charge in [-0.3, -0.25) is 0 Å². The topological polar surface area (TPSA) is 30.2 Å². The van der Waals surface area contributed by atoms with E-state index in [4.69, 9.17) is 4.42 Å². The van der Waals surface area contributed by atoms with Crippen LogP contribution in [0.5, 0.6) is 0 Å². The molecule has 0 unspecified atom stereocenters. The molecule has 0 saturated heterocycles. The summed E-state index contributed by atoms with van der Waals surface area (Å²) in [4.78, 5) is 12.6. The zero-order valence-electron chi connectivity index (χ0n) is 14.9. The van der Waals surface area contributed by atoms with E-state index >= 15 is 0 Å². The highest BCUT2D eigenvalue weighted by molar-refractivity contribution is 5.68. The molecule has 2 nitrogen and oxygen atoms in total. The highest BCUT2D eigenvalue weighted by Crippen LogP contribution is 2.28. The maximum absolute atomic E-state index is 12.6. The van der Waals surface area contributed by atoms with Crippen LogP contribution >= 0.6 is 0 Å². The van der Waals surface area contributed by atoms with Crippen LogP contribution in [0, 0.1) is 0 Å². The molecule has 0 aliphatic carbocycles. The quantitative estimate of drug-likeness (QED) is 0.564. The first-order chi connectivity index (χ1) is 12.2. The minimum Gasteiger partial charge on any atom is -0.422 e. The van der Waals surface area contributed by atoms with E-state index in [2.05, 4.69) is 38.1 Å². The van der Waals surface area contributed by atoms with E-state index < -0.39 is 0 Å². The Bertz CT molecular complexity index is 874. The highest BCUT2D eigenvalue weighted by atomic mass is 16.4. The Morgan fingerprint density at radius 3 is 2.24 bits per heavy atom. The van der Waals surface area contributed by atoms with Crippen molar-refractivity contribution in [3.05, 3.63) is 82.2 Å². The monoisotopic (exact) mass is 332 g/mol. The van der Waals surface area contributed by atoms with E-state index in [-0.39, 0.29) is 5.63 Å². The molecule has 2 aromatic carbocycles. The molecule has 0 spiro atoms. The third-order valence-electron chi connectivity index (χ3n) is 4.53.